The summed E-state index contributed by atoms with van der Waals surface area (Å²) in [6.07, 6.45) is 8.03. The number of esters is 2. The van der Waals surface area contributed by atoms with Crippen molar-refractivity contribution in [2.24, 2.45) is 4.99 Å². The van der Waals surface area contributed by atoms with E-state index in [0.29, 0.717) is 24.2 Å². The molecule has 0 unspecified atom stereocenters. The highest BCUT2D eigenvalue weighted by atomic mass is 16.7. The standard InChI is InChI=1S/C21H24N2O5/c1-4-12-21(3)27-19(25)18(20(26)28-21)11-6-5-7-13-22-16-9-8-10-17(14-16)23-15(2)24/h5,7-11,13-14H,4,6,12H2,1-3H3,(H,23,24). The SMILES string of the molecule is CCCC1(C)OC(=O)C(=CCC=CC=Nc2cccc(NC(C)=O)c2)C(=O)O1. The van der Waals surface area contributed by atoms with Crippen LogP contribution in [0.25, 0.3) is 0 Å². The first-order valence-electron chi connectivity index (χ1n) is 9.06. The van der Waals surface area contributed by atoms with Crippen LogP contribution in [-0.4, -0.2) is 29.8 Å². The van der Waals surface area contributed by atoms with Crippen molar-refractivity contribution in [2.75, 3.05) is 5.32 Å². The van der Waals surface area contributed by atoms with Gasteiger partial charge in [-0.3, -0.25) is 9.79 Å². The zero-order valence-electron chi connectivity index (χ0n) is 16.2. The third kappa shape index (κ3) is 6.19. The van der Waals surface area contributed by atoms with E-state index in [9.17, 15) is 14.4 Å². The normalized spacial score (nSPS) is 19.6. The lowest BCUT2D eigenvalue weighted by atomic mass is 10.1. The van der Waals surface area contributed by atoms with Gasteiger partial charge >= 0.3 is 11.9 Å². The summed E-state index contributed by atoms with van der Waals surface area (Å²) in [6.45, 7) is 4.94. The second-order valence-corrected chi connectivity index (χ2v) is 6.45. The number of amides is 1. The van der Waals surface area contributed by atoms with Gasteiger partial charge in [0.25, 0.3) is 5.79 Å². The van der Waals surface area contributed by atoms with Gasteiger partial charge in [-0.2, -0.15) is 0 Å². The Morgan fingerprint density at radius 3 is 2.61 bits per heavy atom. The van der Waals surface area contributed by atoms with E-state index in [4.69, 9.17) is 9.47 Å². The summed E-state index contributed by atoms with van der Waals surface area (Å²) in [5.41, 5.74) is 1.25. The molecule has 7 heteroatoms. The van der Waals surface area contributed by atoms with Crippen LogP contribution in [0.5, 0.6) is 0 Å². The van der Waals surface area contributed by atoms with Gasteiger partial charge in [-0.05, 0) is 37.1 Å². The monoisotopic (exact) mass is 384 g/mol. The van der Waals surface area contributed by atoms with Crippen molar-refractivity contribution in [3.63, 3.8) is 0 Å². The highest BCUT2D eigenvalue weighted by Crippen LogP contribution is 2.27. The summed E-state index contributed by atoms with van der Waals surface area (Å²) in [4.78, 5) is 39.4. The number of hydrogen-bond donors (Lipinski definition) is 1. The fourth-order valence-corrected chi connectivity index (χ4v) is 2.65. The Kier molecular flexibility index (Phi) is 7.26. The molecule has 1 saturated heterocycles. The van der Waals surface area contributed by atoms with Crippen LogP contribution in [0.2, 0.25) is 0 Å². The molecule has 1 N–H and O–H groups in total. The molecule has 1 aliphatic heterocycles. The third-order valence-corrected chi connectivity index (χ3v) is 3.83. The maximum absolute atomic E-state index is 12.0. The molecule has 0 saturated carbocycles. The van der Waals surface area contributed by atoms with Gasteiger partial charge in [0.1, 0.15) is 5.57 Å². The molecule has 1 aromatic rings. The van der Waals surface area contributed by atoms with Gasteiger partial charge in [-0.15, -0.1) is 0 Å². The number of hydrogen-bond acceptors (Lipinski definition) is 6. The average molecular weight is 384 g/mol. The van der Waals surface area contributed by atoms with Gasteiger partial charge in [0.05, 0.1) is 5.69 Å². The number of benzene rings is 1. The first kappa shape index (κ1) is 21.1. The molecule has 0 atom stereocenters. The largest absolute Gasteiger partial charge is 0.419 e. The predicted octanol–water partition coefficient (Wildman–Crippen LogP) is 3.84. The highest BCUT2D eigenvalue weighted by Gasteiger charge is 2.41. The van der Waals surface area contributed by atoms with E-state index in [0.717, 1.165) is 6.42 Å². The molecule has 1 heterocycles. The zero-order valence-corrected chi connectivity index (χ0v) is 16.2. The second kappa shape index (κ2) is 9.64. The molecule has 1 aromatic carbocycles. The van der Waals surface area contributed by atoms with Gasteiger partial charge in [-0.25, -0.2) is 9.59 Å². The minimum atomic E-state index is -1.19. The second-order valence-electron chi connectivity index (χ2n) is 6.45. The van der Waals surface area contributed by atoms with Gasteiger partial charge in [-0.1, -0.05) is 25.1 Å². The van der Waals surface area contributed by atoms with Crippen LogP contribution in [0.15, 0.2) is 53.1 Å². The van der Waals surface area contributed by atoms with Crippen molar-refractivity contribution in [1.29, 1.82) is 0 Å². The number of anilines is 1. The lowest BCUT2D eigenvalue weighted by molar-refractivity contribution is -0.230. The molecule has 7 nitrogen and oxygen atoms in total. The maximum Gasteiger partial charge on any atom is 0.348 e. The van der Waals surface area contributed by atoms with Crippen LogP contribution >= 0.6 is 0 Å². The Labute approximate surface area is 164 Å². The number of ether oxygens (including phenoxy) is 2. The van der Waals surface area contributed by atoms with Crippen molar-refractivity contribution in [3.05, 3.63) is 48.1 Å². The number of rotatable bonds is 7. The Morgan fingerprint density at radius 1 is 1.25 bits per heavy atom. The van der Waals surface area contributed by atoms with Crippen LogP contribution in [-0.2, 0) is 23.9 Å². The molecule has 1 fully saturated rings. The van der Waals surface area contributed by atoms with E-state index in [-0.39, 0.29) is 11.5 Å². The van der Waals surface area contributed by atoms with Gasteiger partial charge < -0.3 is 14.8 Å². The summed E-state index contributed by atoms with van der Waals surface area (Å²) in [7, 11) is 0. The minimum absolute atomic E-state index is 0.0989. The van der Waals surface area contributed by atoms with Crippen LogP contribution in [0.1, 0.15) is 40.0 Å². The fraction of sp³-hybridized carbons (Fsp3) is 0.333. The highest BCUT2D eigenvalue weighted by molar-refractivity contribution is 6.15. The number of carbonyl (C=O) groups excluding carboxylic acids is 3. The van der Waals surface area contributed by atoms with Crippen molar-refractivity contribution in [3.8, 4) is 0 Å². The summed E-state index contributed by atoms with van der Waals surface area (Å²) < 4.78 is 10.5. The molecule has 28 heavy (non-hydrogen) atoms. The van der Waals surface area contributed by atoms with Crippen LogP contribution < -0.4 is 5.32 Å². The predicted molar refractivity (Wildman–Crippen MR) is 106 cm³/mol. The molecule has 0 radical (unpaired) electrons. The van der Waals surface area contributed by atoms with Crippen molar-refractivity contribution in [2.45, 2.75) is 45.8 Å². The molecule has 148 valence electrons. The Hall–Kier alpha value is -3.22. The fourth-order valence-electron chi connectivity index (χ4n) is 2.65. The number of cyclic esters (lactones) is 2. The molecule has 1 aliphatic rings. The van der Waals surface area contributed by atoms with Crippen LogP contribution in [0, 0.1) is 0 Å². The number of carbonyl (C=O) groups is 3. The van der Waals surface area contributed by atoms with Gasteiger partial charge in [0, 0.05) is 32.2 Å². The van der Waals surface area contributed by atoms with E-state index in [1.165, 1.54) is 13.0 Å². The number of nitrogens with zero attached hydrogens (tertiary/aromatic N) is 1. The van der Waals surface area contributed by atoms with E-state index < -0.39 is 17.7 Å². The number of allylic oxidation sites excluding steroid dienone is 3. The summed E-state index contributed by atoms with van der Waals surface area (Å²) in [5.74, 6) is -2.66. The van der Waals surface area contributed by atoms with Gasteiger partial charge in [0.15, 0.2) is 0 Å². The topological polar surface area (TPSA) is 94.1 Å². The van der Waals surface area contributed by atoms with E-state index >= 15 is 0 Å². The van der Waals surface area contributed by atoms with E-state index in [1.54, 1.807) is 49.6 Å². The van der Waals surface area contributed by atoms with Crippen molar-refractivity contribution < 1.29 is 23.9 Å². The first-order valence-corrected chi connectivity index (χ1v) is 9.06. The van der Waals surface area contributed by atoms with E-state index in [1.807, 2.05) is 6.92 Å². The Bertz CT molecular complexity index is 819. The summed E-state index contributed by atoms with van der Waals surface area (Å²) in [5, 5.41) is 2.69. The Balaban J connectivity index is 1.91. The number of aliphatic imine (C=N–C) groups is 1. The average Bonchev–Trinajstić information content (AvgIpc) is 2.59. The molecule has 0 aromatic heterocycles. The third-order valence-electron chi connectivity index (χ3n) is 3.83. The van der Waals surface area contributed by atoms with Crippen molar-refractivity contribution >= 4 is 35.4 Å². The van der Waals surface area contributed by atoms with Gasteiger partial charge in [0.2, 0.25) is 5.91 Å². The Morgan fingerprint density at radius 2 is 1.96 bits per heavy atom. The smallest absolute Gasteiger partial charge is 0.348 e. The lowest BCUT2D eigenvalue weighted by Gasteiger charge is -2.33. The zero-order chi connectivity index (χ0) is 20.6. The summed E-state index contributed by atoms with van der Waals surface area (Å²) >= 11 is 0. The first-order chi connectivity index (χ1) is 13.3. The van der Waals surface area contributed by atoms with Crippen LogP contribution in [0.4, 0.5) is 11.4 Å². The van der Waals surface area contributed by atoms with Crippen molar-refractivity contribution in [1.82, 2.24) is 0 Å². The molecule has 0 bridgehead atoms. The molecular weight excluding hydrogens is 360 g/mol. The lowest BCUT2D eigenvalue weighted by Crippen LogP contribution is -2.44. The van der Waals surface area contributed by atoms with E-state index in [2.05, 4.69) is 10.3 Å². The summed E-state index contributed by atoms with van der Waals surface area (Å²) in [6, 6.07) is 7.11. The molecule has 1 amide bonds. The maximum atomic E-state index is 12.0. The number of nitrogens with one attached hydrogen (secondary N) is 1. The molecule has 2 rings (SSSR count). The quantitative estimate of drug-likeness (QED) is 0.334. The van der Waals surface area contributed by atoms with Crippen LogP contribution in [0.3, 0.4) is 0 Å². The molecular formula is C21H24N2O5. The molecule has 0 spiro atoms. The molecule has 0 aliphatic carbocycles. The minimum Gasteiger partial charge on any atom is -0.419 e.